The Morgan fingerprint density at radius 1 is 0.475 bits per heavy atom. The van der Waals surface area contributed by atoms with E-state index >= 15 is 0 Å². The number of allylic oxidation sites excluding steroid dienone is 2. The second-order valence-electron chi connectivity index (χ2n) is 9.84. The molecule has 3 aliphatic heterocycles. The first-order valence-corrected chi connectivity index (χ1v) is 12.5. The molecule has 1 amide bonds. The fraction of sp³-hybridized carbons (Fsp3) is 0. The number of anilines is 2. The summed E-state index contributed by atoms with van der Waals surface area (Å²) in [5.41, 5.74) is 0.0222. The summed E-state index contributed by atoms with van der Waals surface area (Å²) in [6.07, 6.45) is 0. The quantitative estimate of drug-likeness (QED) is 0.300. The van der Waals surface area contributed by atoms with Crippen LogP contribution in [0.2, 0.25) is 0 Å². The fourth-order valence-corrected chi connectivity index (χ4v) is 6.06. The SMILES string of the molecule is O=C1/C(=C2\C(=O)c3c4cc5c(c3C(=O)c3ccccc3C(=O)N24)C(=O)c2ccccc2C5=O)Nc2ccccc21. The van der Waals surface area contributed by atoms with Gasteiger partial charge in [-0.3, -0.25) is 33.7 Å². The molecule has 0 atom stereocenters. The molecule has 0 aromatic heterocycles. The molecule has 8 nitrogen and oxygen atoms in total. The summed E-state index contributed by atoms with van der Waals surface area (Å²) in [5, 5.41) is 2.97. The Labute approximate surface area is 225 Å². The van der Waals surface area contributed by atoms with Gasteiger partial charge >= 0.3 is 0 Å². The molecule has 4 aliphatic rings. The minimum absolute atomic E-state index is 0.00439. The van der Waals surface area contributed by atoms with Crippen LogP contribution in [-0.2, 0) is 0 Å². The van der Waals surface area contributed by atoms with Crippen molar-refractivity contribution in [2.45, 2.75) is 0 Å². The monoisotopic (exact) mass is 522 g/mol. The zero-order valence-corrected chi connectivity index (χ0v) is 20.4. The van der Waals surface area contributed by atoms with Crippen molar-refractivity contribution in [2.75, 3.05) is 10.2 Å². The second-order valence-corrected chi connectivity index (χ2v) is 9.84. The average Bonchev–Trinajstić information content (AvgIpc) is 3.47. The molecule has 4 aromatic rings. The van der Waals surface area contributed by atoms with Crippen LogP contribution >= 0.6 is 0 Å². The van der Waals surface area contributed by atoms with Crippen molar-refractivity contribution in [3.63, 3.8) is 0 Å². The number of ketones is 5. The molecule has 4 aromatic carbocycles. The molecular weight excluding hydrogens is 508 g/mol. The van der Waals surface area contributed by atoms with Crippen LogP contribution in [0.1, 0.15) is 78.8 Å². The number of hydrogen-bond donors (Lipinski definition) is 1. The zero-order valence-electron chi connectivity index (χ0n) is 20.4. The lowest BCUT2D eigenvalue weighted by Gasteiger charge is -2.26. The largest absolute Gasteiger partial charge is 0.350 e. The van der Waals surface area contributed by atoms with E-state index in [0.29, 0.717) is 11.3 Å². The molecule has 8 heteroatoms. The zero-order chi connectivity index (χ0) is 27.4. The Morgan fingerprint density at radius 3 is 1.70 bits per heavy atom. The number of fused-ring (bicyclic) bond motifs is 5. The summed E-state index contributed by atoms with van der Waals surface area (Å²) >= 11 is 0. The van der Waals surface area contributed by atoms with Gasteiger partial charge in [-0.2, -0.15) is 0 Å². The van der Waals surface area contributed by atoms with Crippen LogP contribution in [0.5, 0.6) is 0 Å². The van der Waals surface area contributed by atoms with Crippen LogP contribution in [0.25, 0.3) is 0 Å². The molecule has 0 unspecified atom stereocenters. The highest BCUT2D eigenvalue weighted by molar-refractivity contribution is 6.41. The van der Waals surface area contributed by atoms with Crippen molar-refractivity contribution in [1.82, 2.24) is 0 Å². The first kappa shape index (κ1) is 22.2. The average molecular weight is 522 g/mol. The van der Waals surface area contributed by atoms with Gasteiger partial charge in [0.1, 0.15) is 11.4 Å². The summed E-state index contributed by atoms with van der Waals surface area (Å²) in [5.74, 6) is -3.74. The van der Waals surface area contributed by atoms with Crippen LogP contribution in [0.4, 0.5) is 11.4 Å². The van der Waals surface area contributed by atoms with Crippen LogP contribution in [0, 0.1) is 0 Å². The highest BCUT2D eigenvalue weighted by Crippen LogP contribution is 2.47. The summed E-state index contributed by atoms with van der Waals surface area (Å²) in [6, 6.07) is 20.3. The molecule has 0 spiro atoms. The molecule has 188 valence electrons. The van der Waals surface area contributed by atoms with Gasteiger partial charge in [-0.1, -0.05) is 54.6 Å². The number of nitrogens with zero attached hydrogens (tertiary/aromatic N) is 1. The highest BCUT2D eigenvalue weighted by Gasteiger charge is 2.49. The van der Waals surface area contributed by atoms with Crippen molar-refractivity contribution in [3.05, 3.63) is 140 Å². The van der Waals surface area contributed by atoms with Crippen LogP contribution < -0.4 is 10.2 Å². The summed E-state index contributed by atoms with van der Waals surface area (Å²) in [6.45, 7) is 0. The number of nitrogens with one attached hydrogen (secondary N) is 1. The predicted molar refractivity (Wildman–Crippen MR) is 142 cm³/mol. The third-order valence-electron chi connectivity index (χ3n) is 7.83. The molecule has 4 bridgehead atoms. The van der Waals surface area contributed by atoms with Gasteiger partial charge in [0.25, 0.3) is 5.91 Å². The van der Waals surface area contributed by atoms with Gasteiger partial charge in [0, 0.05) is 44.6 Å². The third-order valence-corrected chi connectivity index (χ3v) is 7.83. The van der Waals surface area contributed by atoms with E-state index in [1.807, 2.05) is 0 Å². The maximum Gasteiger partial charge on any atom is 0.263 e. The molecular formula is C32H14N2O6. The molecule has 0 saturated carbocycles. The Hall–Kier alpha value is -5.76. The van der Waals surface area contributed by atoms with Crippen molar-refractivity contribution in [2.24, 2.45) is 0 Å². The van der Waals surface area contributed by atoms with E-state index in [1.165, 1.54) is 30.3 Å². The summed E-state index contributed by atoms with van der Waals surface area (Å²) in [7, 11) is 0. The first-order valence-electron chi connectivity index (χ1n) is 12.5. The van der Waals surface area contributed by atoms with Gasteiger partial charge in [-0.05, 0) is 24.3 Å². The first-order chi connectivity index (χ1) is 19.4. The van der Waals surface area contributed by atoms with E-state index in [1.54, 1.807) is 48.5 Å². The normalized spacial score (nSPS) is 18.1. The van der Waals surface area contributed by atoms with E-state index in [-0.39, 0.29) is 61.6 Å². The molecule has 3 heterocycles. The highest BCUT2D eigenvalue weighted by atomic mass is 16.2. The molecule has 0 fully saturated rings. The standard InChI is InChI=1S/C32H14N2O6/c35-27-14-7-1-2-8-15(14)28(36)22-19(27)13-21-23-24(22)29(37)16-9-3-4-10-17(16)32(40)34(21)26(31(23)39)25-30(38)18-11-5-6-12-20(18)33-25/h1-13,33H/b26-25-. The third kappa shape index (κ3) is 2.54. The van der Waals surface area contributed by atoms with Gasteiger partial charge in [-0.15, -0.1) is 0 Å². The fourth-order valence-electron chi connectivity index (χ4n) is 6.06. The maximum absolute atomic E-state index is 14.2. The van der Waals surface area contributed by atoms with E-state index in [2.05, 4.69) is 5.32 Å². The van der Waals surface area contributed by atoms with Gasteiger partial charge in [0.2, 0.25) is 11.6 Å². The van der Waals surface area contributed by atoms with Crippen LogP contribution in [-0.4, -0.2) is 34.8 Å². The van der Waals surface area contributed by atoms with Crippen molar-refractivity contribution in [1.29, 1.82) is 0 Å². The number of carbonyl (C=O) groups is 6. The molecule has 0 saturated heterocycles. The molecule has 0 radical (unpaired) electrons. The lowest BCUT2D eigenvalue weighted by Crippen LogP contribution is -2.34. The van der Waals surface area contributed by atoms with Crippen LogP contribution in [0.15, 0.2) is 90.3 Å². The Kier molecular flexibility index (Phi) is 4.13. The number of para-hydroxylation sites is 1. The number of benzene rings is 4. The van der Waals surface area contributed by atoms with E-state index in [9.17, 15) is 28.8 Å². The van der Waals surface area contributed by atoms with Crippen LogP contribution in [0.3, 0.4) is 0 Å². The van der Waals surface area contributed by atoms with Crippen molar-refractivity contribution in [3.8, 4) is 0 Å². The molecule has 8 rings (SSSR count). The maximum atomic E-state index is 14.2. The number of Topliss-reactive ketones (excluding diaryl/α,β-unsaturated/α-hetero) is 2. The Morgan fingerprint density at radius 2 is 1.02 bits per heavy atom. The second kappa shape index (κ2) is 7.42. The summed E-state index contributed by atoms with van der Waals surface area (Å²) in [4.78, 5) is 84.6. The molecule has 40 heavy (non-hydrogen) atoms. The van der Waals surface area contributed by atoms with E-state index < -0.39 is 34.8 Å². The van der Waals surface area contributed by atoms with Gasteiger partial charge in [0.05, 0.1) is 16.8 Å². The number of rotatable bonds is 0. The number of amides is 1. The Bertz CT molecular complexity index is 2050. The van der Waals surface area contributed by atoms with Crippen molar-refractivity contribution >= 4 is 46.2 Å². The lowest BCUT2D eigenvalue weighted by molar-refractivity contribution is 0.0962. The smallest absolute Gasteiger partial charge is 0.263 e. The Balaban J connectivity index is 1.50. The lowest BCUT2D eigenvalue weighted by atomic mass is 9.77. The molecule has 1 aliphatic carbocycles. The molecule has 1 N–H and O–H groups in total. The number of hydrogen-bond acceptors (Lipinski definition) is 7. The van der Waals surface area contributed by atoms with E-state index in [0.717, 1.165) is 4.90 Å². The minimum atomic E-state index is -0.759. The topological polar surface area (TPSA) is 118 Å². The van der Waals surface area contributed by atoms with Gasteiger partial charge < -0.3 is 5.32 Å². The van der Waals surface area contributed by atoms with Gasteiger partial charge in [0.15, 0.2) is 17.3 Å². The van der Waals surface area contributed by atoms with E-state index in [4.69, 9.17) is 0 Å². The summed E-state index contributed by atoms with van der Waals surface area (Å²) < 4.78 is 0. The van der Waals surface area contributed by atoms with Crippen molar-refractivity contribution < 1.29 is 28.8 Å². The predicted octanol–water partition coefficient (Wildman–Crippen LogP) is 4.37. The van der Waals surface area contributed by atoms with Gasteiger partial charge in [-0.25, -0.2) is 0 Å². The number of carbonyl (C=O) groups excluding carboxylic acids is 6. The minimum Gasteiger partial charge on any atom is -0.350 e.